The molecular weight excluding hydrogens is 166 g/mol. The van der Waals surface area contributed by atoms with E-state index in [-0.39, 0.29) is 5.54 Å². The first-order valence-corrected chi connectivity index (χ1v) is 4.27. The van der Waals surface area contributed by atoms with Crippen LogP contribution in [0.15, 0.2) is 29.3 Å². The van der Waals surface area contributed by atoms with Crippen LogP contribution in [0.4, 0.5) is 0 Å². The molecule has 70 valence electrons. The summed E-state index contributed by atoms with van der Waals surface area (Å²) in [6, 6.07) is 0. The van der Waals surface area contributed by atoms with E-state index in [1.807, 2.05) is 18.5 Å². The largest absolute Gasteiger partial charge is 0.235 e. The molecule has 0 N–H and O–H groups in total. The second-order valence-electron chi connectivity index (χ2n) is 4.01. The van der Waals surface area contributed by atoms with Gasteiger partial charge in [0.15, 0.2) is 5.82 Å². The average molecular weight is 179 g/mol. The van der Waals surface area contributed by atoms with Crippen LogP contribution >= 0.6 is 0 Å². The SMILES string of the molecule is CC(C)(C)N1C=C2N=CC=CN2O1. The number of allylic oxidation sites excluding steroid dienone is 1. The normalized spacial score (nSPS) is 20.7. The maximum atomic E-state index is 5.50. The van der Waals surface area contributed by atoms with E-state index < -0.39 is 0 Å². The van der Waals surface area contributed by atoms with E-state index in [0.29, 0.717) is 0 Å². The highest BCUT2D eigenvalue weighted by Crippen LogP contribution is 2.26. The molecule has 2 heterocycles. The third-order valence-corrected chi connectivity index (χ3v) is 1.81. The van der Waals surface area contributed by atoms with E-state index in [4.69, 9.17) is 4.94 Å². The summed E-state index contributed by atoms with van der Waals surface area (Å²) < 4.78 is 0. The Kier molecular flexibility index (Phi) is 1.66. The summed E-state index contributed by atoms with van der Waals surface area (Å²) in [4.78, 5) is 9.67. The molecule has 0 aromatic carbocycles. The molecule has 4 nitrogen and oxygen atoms in total. The lowest BCUT2D eigenvalue weighted by molar-refractivity contribution is -0.272. The quantitative estimate of drug-likeness (QED) is 0.566. The van der Waals surface area contributed by atoms with Gasteiger partial charge in [-0.05, 0) is 26.8 Å². The fourth-order valence-electron chi connectivity index (χ4n) is 1.07. The van der Waals surface area contributed by atoms with Gasteiger partial charge in [-0.1, -0.05) is 0 Å². The van der Waals surface area contributed by atoms with Crippen molar-refractivity contribution in [2.24, 2.45) is 4.99 Å². The van der Waals surface area contributed by atoms with Crippen LogP contribution in [0.5, 0.6) is 0 Å². The lowest BCUT2D eigenvalue weighted by Crippen LogP contribution is -2.36. The number of aliphatic imine (C=N–C) groups is 1. The first kappa shape index (κ1) is 8.31. The fraction of sp³-hybridized carbons (Fsp3) is 0.444. The van der Waals surface area contributed by atoms with Crippen molar-refractivity contribution in [1.82, 2.24) is 10.1 Å². The molecular formula is C9H13N3O. The molecule has 0 saturated heterocycles. The molecule has 0 fully saturated rings. The van der Waals surface area contributed by atoms with Gasteiger partial charge in [-0.3, -0.25) is 0 Å². The minimum absolute atomic E-state index is 0.0479. The average Bonchev–Trinajstić information content (AvgIpc) is 2.45. The van der Waals surface area contributed by atoms with Crippen LogP contribution in [0.3, 0.4) is 0 Å². The molecule has 0 radical (unpaired) electrons. The van der Waals surface area contributed by atoms with Gasteiger partial charge < -0.3 is 0 Å². The zero-order chi connectivity index (χ0) is 9.47. The molecule has 0 aliphatic carbocycles. The molecule has 2 aliphatic rings. The van der Waals surface area contributed by atoms with Gasteiger partial charge in [0.05, 0.1) is 11.7 Å². The van der Waals surface area contributed by atoms with Crippen LogP contribution in [0.1, 0.15) is 20.8 Å². The van der Waals surface area contributed by atoms with Crippen molar-refractivity contribution in [1.29, 1.82) is 0 Å². The van der Waals surface area contributed by atoms with E-state index in [2.05, 4.69) is 25.8 Å². The van der Waals surface area contributed by atoms with Crippen LogP contribution in [0.2, 0.25) is 0 Å². The standard InChI is InChI=1S/C9H13N3O/c1-9(2,3)12-7-8-10-5-4-6-11(8)13-12/h4-7H,1-3H3. The first-order chi connectivity index (χ1) is 6.07. The minimum Gasteiger partial charge on any atom is -0.235 e. The van der Waals surface area contributed by atoms with Crippen molar-refractivity contribution in [3.05, 3.63) is 24.3 Å². The maximum Gasteiger partial charge on any atom is 0.178 e. The Morgan fingerprint density at radius 2 is 2.15 bits per heavy atom. The summed E-state index contributed by atoms with van der Waals surface area (Å²) in [5.41, 5.74) is -0.0479. The molecule has 0 aromatic rings. The monoisotopic (exact) mass is 179 g/mol. The Morgan fingerprint density at radius 1 is 1.38 bits per heavy atom. The molecule has 0 bridgehead atoms. The number of hydrogen-bond acceptors (Lipinski definition) is 4. The Labute approximate surface area is 77.7 Å². The molecule has 0 amide bonds. The number of hydroxylamine groups is 4. The molecule has 0 aromatic heterocycles. The summed E-state index contributed by atoms with van der Waals surface area (Å²) in [5.74, 6) is 0.817. The molecule has 0 unspecified atom stereocenters. The van der Waals surface area contributed by atoms with Crippen LogP contribution < -0.4 is 0 Å². The molecule has 2 aliphatic heterocycles. The predicted molar refractivity (Wildman–Crippen MR) is 50.2 cm³/mol. The van der Waals surface area contributed by atoms with E-state index in [1.165, 1.54) is 0 Å². The van der Waals surface area contributed by atoms with Crippen molar-refractivity contribution in [3.63, 3.8) is 0 Å². The van der Waals surface area contributed by atoms with Crippen molar-refractivity contribution >= 4 is 6.21 Å². The fourth-order valence-corrected chi connectivity index (χ4v) is 1.07. The van der Waals surface area contributed by atoms with Crippen molar-refractivity contribution in [2.45, 2.75) is 26.3 Å². The molecule has 13 heavy (non-hydrogen) atoms. The van der Waals surface area contributed by atoms with E-state index in [0.717, 1.165) is 5.82 Å². The lowest BCUT2D eigenvalue weighted by Gasteiger charge is -2.29. The Bertz CT molecular complexity index is 298. The van der Waals surface area contributed by atoms with Crippen LogP contribution in [-0.4, -0.2) is 21.9 Å². The molecule has 4 heteroatoms. The summed E-state index contributed by atoms with van der Waals surface area (Å²) in [7, 11) is 0. The predicted octanol–water partition coefficient (Wildman–Crippen LogP) is 1.65. The van der Waals surface area contributed by atoms with Crippen LogP contribution in [0, 0.1) is 0 Å². The Morgan fingerprint density at radius 3 is 2.77 bits per heavy atom. The Hall–Kier alpha value is -1.29. The van der Waals surface area contributed by atoms with E-state index in [1.54, 1.807) is 16.3 Å². The second-order valence-corrected chi connectivity index (χ2v) is 4.01. The summed E-state index contributed by atoms with van der Waals surface area (Å²) >= 11 is 0. The van der Waals surface area contributed by atoms with Crippen molar-refractivity contribution in [3.8, 4) is 0 Å². The minimum atomic E-state index is -0.0479. The van der Waals surface area contributed by atoms with Crippen LogP contribution in [-0.2, 0) is 4.94 Å². The third-order valence-electron chi connectivity index (χ3n) is 1.81. The van der Waals surface area contributed by atoms with Crippen molar-refractivity contribution < 1.29 is 4.94 Å². The molecule has 2 rings (SSSR count). The summed E-state index contributed by atoms with van der Waals surface area (Å²) in [6.07, 6.45) is 7.31. The van der Waals surface area contributed by atoms with E-state index in [9.17, 15) is 0 Å². The highest BCUT2D eigenvalue weighted by atomic mass is 16.8. The van der Waals surface area contributed by atoms with Gasteiger partial charge in [0, 0.05) is 12.4 Å². The number of fused-ring (bicyclic) bond motifs is 1. The zero-order valence-corrected chi connectivity index (χ0v) is 8.06. The first-order valence-electron chi connectivity index (χ1n) is 4.27. The van der Waals surface area contributed by atoms with Gasteiger partial charge in [0.1, 0.15) is 0 Å². The molecule has 0 atom stereocenters. The maximum absolute atomic E-state index is 5.50. The topological polar surface area (TPSA) is 28.1 Å². The molecule has 0 spiro atoms. The third kappa shape index (κ3) is 1.45. The number of hydrogen-bond donors (Lipinski definition) is 0. The number of nitrogens with zero attached hydrogens (tertiary/aromatic N) is 3. The zero-order valence-electron chi connectivity index (χ0n) is 8.06. The second kappa shape index (κ2) is 2.60. The van der Waals surface area contributed by atoms with Gasteiger partial charge in [-0.15, -0.1) is 4.94 Å². The summed E-state index contributed by atoms with van der Waals surface area (Å²) in [6.45, 7) is 6.24. The van der Waals surface area contributed by atoms with Gasteiger partial charge in [-0.2, -0.15) is 5.06 Å². The smallest absolute Gasteiger partial charge is 0.178 e. The Balaban J connectivity index is 2.21. The molecule has 0 saturated carbocycles. The highest BCUT2D eigenvalue weighted by molar-refractivity contribution is 5.73. The van der Waals surface area contributed by atoms with Gasteiger partial charge in [0.2, 0.25) is 0 Å². The number of rotatable bonds is 0. The van der Waals surface area contributed by atoms with E-state index >= 15 is 0 Å². The van der Waals surface area contributed by atoms with Gasteiger partial charge >= 0.3 is 0 Å². The van der Waals surface area contributed by atoms with Crippen molar-refractivity contribution in [2.75, 3.05) is 0 Å². The van der Waals surface area contributed by atoms with Gasteiger partial charge in [0.25, 0.3) is 0 Å². The highest BCUT2D eigenvalue weighted by Gasteiger charge is 2.29. The van der Waals surface area contributed by atoms with Gasteiger partial charge in [-0.25, -0.2) is 10.1 Å². The summed E-state index contributed by atoms with van der Waals surface area (Å²) in [5, 5.41) is 3.43. The van der Waals surface area contributed by atoms with Crippen LogP contribution in [0.25, 0.3) is 0 Å². The lowest BCUT2D eigenvalue weighted by atomic mass is 10.1.